The van der Waals surface area contributed by atoms with Gasteiger partial charge in [-0.05, 0) is 79.8 Å². The summed E-state index contributed by atoms with van der Waals surface area (Å²) in [5.41, 5.74) is -0.421. The third-order valence-corrected chi connectivity index (χ3v) is 7.02. The maximum atomic E-state index is 12.0. The van der Waals surface area contributed by atoms with Crippen molar-refractivity contribution < 1.29 is 23.7 Å². The normalized spacial score (nSPS) is 27.0. The van der Waals surface area contributed by atoms with Crippen molar-refractivity contribution in [2.75, 3.05) is 32.9 Å². The first-order valence-corrected chi connectivity index (χ1v) is 13.0. The third kappa shape index (κ3) is 7.55. The number of hydrogen-bond donors (Lipinski definition) is 0. The van der Waals surface area contributed by atoms with Crippen molar-refractivity contribution in [2.45, 2.75) is 70.7 Å². The van der Waals surface area contributed by atoms with E-state index in [1.165, 1.54) is 6.42 Å². The number of ether oxygens (including phenoxy) is 4. The Morgan fingerprint density at radius 1 is 1.12 bits per heavy atom. The molecule has 2 atom stereocenters. The molecule has 2 heterocycles. The monoisotopic (exact) mass is 524 g/mol. The number of hydrogen-bond acceptors (Lipinski definition) is 6. The molecule has 1 aliphatic heterocycles. The summed E-state index contributed by atoms with van der Waals surface area (Å²) in [7, 11) is 0. The molecule has 7 nitrogen and oxygen atoms in total. The Hall–Kier alpha value is -1.38. The summed E-state index contributed by atoms with van der Waals surface area (Å²) >= 11 is 3.38. The third-order valence-electron chi connectivity index (χ3n) is 6.55. The zero-order valence-electron chi connectivity index (χ0n) is 20.0. The largest absolute Gasteiger partial charge is 0.474 e. The Bertz CT molecular complexity index is 772. The second-order valence-electron chi connectivity index (χ2n) is 10.6. The number of rotatable bonds is 11. The van der Waals surface area contributed by atoms with Crippen LogP contribution in [0.25, 0.3) is 0 Å². The van der Waals surface area contributed by atoms with Gasteiger partial charge in [-0.2, -0.15) is 0 Å². The van der Waals surface area contributed by atoms with Gasteiger partial charge in [-0.25, -0.2) is 9.78 Å². The van der Waals surface area contributed by atoms with E-state index in [-0.39, 0.29) is 12.2 Å². The standard InChI is InChI=1S/C25H37BrN2O5/c1-25(2,3)33-24(29)28-14-18(15-28)22-10-17(22)16-30-8-4-5-9-31-20-11-21(12-20)32-23-7-6-19(26)13-27-23/h6-7,13,17-18,20-22H,4-5,8-12,14-16H2,1-3H3/t17-,20?,21?,22+/m0/s1. The summed E-state index contributed by atoms with van der Waals surface area (Å²) < 4.78 is 24.0. The number of nitrogens with zero attached hydrogens (tertiary/aromatic N) is 2. The predicted molar refractivity (Wildman–Crippen MR) is 128 cm³/mol. The number of unbranched alkanes of at least 4 members (excludes halogenated alkanes) is 1. The molecular formula is C25H37BrN2O5. The number of pyridine rings is 1. The lowest BCUT2D eigenvalue weighted by Gasteiger charge is -2.40. The Morgan fingerprint density at radius 3 is 2.58 bits per heavy atom. The topological polar surface area (TPSA) is 70.1 Å². The molecule has 2 aliphatic carbocycles. The molecule has 0 radical (unpaired) electrons. The van der Waals surface area contributed by atoms with Crippen LogP contribution in [0.3, 0.4) is 0 Å². The lowest BCUT2D eigenvalue weighted by molar-refractivity contribution is -0.0637. The minimum absolute atomic E-state index is 0.180. The molecule has 184 valence electrons. The maximum Gasteiger partial charge on any atom is 0.410 e. The number of aromatic nitrogens is 1. The fourth-order valence-corrected chi connectivity index (χ4v) is 4.68. The van der Waals surface area contributed by atoms with Gasteiger partial charge in [-0.15, -0.1) is 0 Å². The molecule has 2 saturated carbocycles. The van der Waals surface area contributed by atoms with E-state index >= 15 is 0 Å². The van der Waals surface area contributed by atoms with Gasteiger partial charge in [0.05, 0.1) is 6.10 Å². The van der Waals surface area contributed by atoms with Gasteiger partial charge in [0.1, 0.15) is 11.7 Å². The lowest BCUT2D eigenvalue weighted by atomic mass is 9.92. The van der Waals surface area contributed by atoms with Crippen LogP contribution in [0.4, 0.5) is 4.79 Å². The van der Waals surface area contributed by atoms with E-state index in [1.807, 2.05) is 37.8 Å². The average molecular weight is 525 g/mol. The summed E-state index contributed by atoms with van der Waals surface area (Å²) in [5, 5.41) is 0. The van der Waals surface area contributed by atoms with Crippen LogP contribution >= 0.6 is 15.9 Å². The van der Waals surface area contributed by atoms with Gasteiger partial charge < -0.3 is 23.8 Å². The van der Waals surface area contributed by atoms with Gasteiger partial charge >= 0.3 is 6.09 Å². The van der Waals surface area contributed by atoms with Crippen molar-refractivity contribution in [3.05, 3.63) is 22.8 Å². The molecule has 33 heavy (non-hydrogen) atoms. The van der Waals surface area contributed by atoms with E-state index in [4.69, 9.17) is 18.9 Å². The van der Waals surface area contributed by atoms with Crippen LogP contribution in [0, 0.1) is 17.8 Å². The molecule has 1 saturated heterocycles. The van der Waals surface area contributed by atoms with Crippen LogP contribution in [-0.2, 0) is 14.2 Å². The van der Waals surface area contributed by atoms with Crippen LogP contribution in [0.5, 0.6) is 5.88 Å². The van der Waals surface area contributed by atoms with Crippen LogP contribution in [0.2, 0.25) is 0 Å². The molecule has 0 bridgehead atoms. The van der Waals surface area contributed by atoms with E-state index in [0.717, 1.165) is 63.1 Å². The van der Waals surface area contributed by atoms with E-state index in [0.29, 0.717) is 29.7 Å². The first kappa shape index (κ1) is 24.7. The molecule has 3 aliphatic rings. The summed E-state index contributed by atoms with van der Waals surface area (Å²) in [4.78, 5) is 18.1. The lowest BCUT2D eigenvalue weighted by Crippen LogP contribution is -2.52. The molecular weight excluding hydrogens is 488 g/mol. The molecule has 8 heteroatoms. The molecule has 0 spiro atoms. The first-order valence-electron chi connectivity index (χ1n) is 12.2. The summed E-state index contributed by atoms with van der Waals surface area (Å²) in [6.45, 7) is 9.82. The SMILES string of the molecule is CC(C)(C)OC(=O)N1CC([C@@H]2C[C@H]2COCCCCOC2CC(Oc3ccc(Br)cn3)C2)C1. The molecule has 1 aromatic heterocycles. The van der Waals surface area contributed by atoms with E-state index in [1.54, 1.807) is 6.20 Å². The smallest absolute Gasteiger partial charge is 0.410 e. The second kappa shape index (κ2) is 10.9. The molecule has 1 aromatic rings. The van der Waals surface area contributed by atoms with Crippen molar-refractivity contribution >= 4 is 22.0 Å². The maximum absolute atomic E-state index is 12.0. The molecule has 0 N–H and O–H groups in total. The minimum Gasteiger partial charge on any atom is -0.474 e. The zero-order valence-corrected chi connectivity index (χ0v) is 21.6. The highest BCUT2D eigenvalue weighted by Crippen LogP contribution is 2.47. The highest BCUT2D eigenvalue weighted by atomic mass is 79.9. The summed E-state index contributed by atoms with van der Waals surface area (Å²) in [6, 6.07) is 3.82. The number of carbonyl (C=O) groups excluding carboxylic acids is 1. The molecule has 4 rings (SSSR count). The highest BCUT2D eigenvalue weighted by Gasteiger charge is 2.49. The number of amides is 1. The number of likely N-dealkylation sites (tertiary alicyclic amines) is 1. The molecule has 0 unspecified atom stereocenters. The number of carbonyl (C=O) groups is 1. The molecule has 1 amide bonds. The predicted octanol–water partition coefficient (Wildman–Crippen LogP) is 5.07. The van der Waals surface area contributed by atoms with Crippen LogP contribution in [-0.4, -0.2) is 66.7 Å². The molecule has 3 fully saturated rings. The van der Waals surface area contributed by atoms with Gasteiger partial charge in [0.25, 0.3) is 0 Å². The van der Waals surface area contributed by atoms with Gasteiger partial charge in [0.2, 0.25) is 5.88 Å². The van der Waals surface area contributed by atoms with Crippen molar-refractivity contribution in [1.82, 2.24) is 9.88 Å². The fourth-order valence-electron chi connectivity index (χ4n) is 4.44. The minimum atomic E-state index is -0.421. The van der Waals surface area contributed by atoms with Crippen LogP contribution in [0.1, 0.15) is 52.9 Å². The Morgan fingerprint density at radius 2 is 1.88 bits per heavy atom. The highest BCUT2D eigenvalue weighted by molar-refractivity contribution is 9.10. The van der Waals surface area contributed by atoms with Crippen molar-refractivity contribution in [2.24, 2.45) is 17.8 Å². The van der Waals surface area contributed by atoms with Crippen LogP contribution in [0.15, 0.2) is 22.8 Å². The van der Waals surface area contributed by atoms with Crippen LogP contribution < -0.4 is 4.74 Å². The summed E-state index contributed by atoms with van der Waals surface area (Å²) in [6.07, 6.45) is 7.25. The molecule has 0 aromatic carbocycles. The fraction of sp³-hybridized carbons (Fsp3) is 0.760. The average Bonchev–Trinajstić information content (AvgIpc) is 3.42. The zero-order chi connectivity index (χ0) is 23.4. The van der Waals surface area contributed by atoms with E-state index in [9.17, 15) is 4.79 Å². The summed E-state index contributed by atoms with van der Waals surface area (Å²) in [5.74, 6) is 2.68. The van der Waals surface area contributed by atoms with E-state index in [2.05, 4.69) is 20.9 Å². The van der Waals surface area contributed by atoms with Crippen molar-refractivity contribution in [1.29, 1.82) is 0 Å². The van der Waals surface area contributed by atoms with E-state index < -0.39 is 5.60 Å². The Balaban J connectivity index is 0.948. The van der Waals surface area contributed by atoms with Crippen molar-refractivity contribution in [3.63, 3.8) is 0 Å². The van der Waals surface area contributed by atoms with Crippen molar-refractivity contribution in [3.8, 4) is 5.88 Å². The second-order valence-corrected chi connectivity index (χ2v) is 11.5. The van der Waals surface area contributed by atoms with Gasteiger partial charge in [-0.1, -0.05) is 0 Å². The number of halogens is 1. The van der Waals surface area contributed by atoms with Gasteiger partial charge in [-0.3, -0.25) is 0 Å². The van der Waals surface area contributed by atoms with Gasteiger partial charge in [0, 0.05) is 62.5 Å². The van der Waals surface area contributed by atoms with Gasteiger partial charge in [0.15, 0.2) is 0 Å². The first-order chi connectivity index (χ1) is 15.8. The Kier molecular flexibility index (Phi) is 8.18. The Labute approximate surface area is 205 Å². The quantitative estimate of drug-likeness (QED) is 0.376.